The van der Waals surface area contributed by atoms with Gasteiger partial charge in [0.05, 0.1) is 10.0 Å². The number of rotatable bonds is 5. The van der Waals surface area contributed by atoms with Crippen molar-refractivity contribution in [3.8, 4) is 5.75 Å². The maximum atomic E-state index is 11.8. The third-order valence-electron chi connectivity index (χ3n) is 3.44. The Kier molecular flexibility index (Phi) is 4.55. The van der Waals surface area contributed by atoms with Crippen LogP contribution in [0.2, 0.25) is 10.0 Å². The van der Waals surface area contributed by atoms with Crippen molar-refractivity contribution in [2.45, 2.75) is 19.4 Å². The molecule has 0 unspecified atom stereocenters. The van der Waals surface area contributed by atoms with E-state index in [4.69, 9.17) is 27.9 Å². The molecule has 2 aromatic rings. The molecular formula is C17H15Cl2NO2. The Morgan fingerprint density at radius 2 is 1.95 bits per heavy atom. The van der Waals surface area contributed by atoms with Crippen LogP contribution < -0.4 is 10.1 Å². The number of carbonyl (C=O) groups excluding carboxylic acids is 1. The number of ether oxygens (including phenoxy) is 1. The minimum absolute atomic E-state index is 0.0848. The van der Waals surface area contributed by atoms with Crippen LogP contribution in [0.4, 0.5) is 5.69 Å². The summed E-state index contributed by atoms with van der Waals surface area (Å²) in [5.41, 5.74) is 1.69. The molecule has 0 aromatic heterocycles. The third kappa shape index (κ3) is 3.93. The molecule has 5 heteroatoms. The summed E-state index contributed by atoms with van der Waals surface area (Å²) in [7, 11) is 0. The third-order valence-corrected chi connectivity index (χ3v) is 4.18. The van der Waals surface area contributed by atoms with Crippen molar-refractivity contribution in [1.29, 1.82) is 0 Å². The molecule has 0 radical (unpaired) electrons. The topological polar surface area (TPSA) is 38.3 Å². The summed E-state index contributed by atoms with van der Waals surface area (Å²) in [6.45, 7) is 0.386. The highest BCUT2D eigenvalue weighted by Crippen LogP contribution is 2.30. The molecule has 2 aromatic carbocycles. The highest BCUT2D eigenvalue weighted by Gasteiger charge is 2.29. The summed E-state index contributed by atoms with van der Waals surface area (Å²) < 4.78 is 5.73. The van der Waals surface area contributed by atoms with E-state index in [1.165, 1.54) is 0 Å². The number of nitrogens with one attached hydrogen (secondary N) is 1. The van der Waals surface area contributed by atoms with E-state index in [2.05, 4.69) is 5.32 Å². The van der Waals surface area contributed by atoms with Crippen LogP contribution in [-0.4, -0.2) is 5.91 Å². The molecule has 3 rings (SSSR count). The average molecular weight is 336 g/mol. The minimum Gasteiger partial charge on any atom is -0.489 e. The monoisotopic (exact) mass is 335 g/mol. The van der Waals surface area contributed by atoms with Crippen molar-refractivity contribution < 1.29 is 9.53 Å². The first-order chi connectivity index (χ1) is 10.6. The van der Waals surface area contributed by atoms with Crippen molar-refractivity contribution >= 4 is 34.8 Å². The lowest BCUT2D eigenvalue weighted by Gasteiger charge is -2.09. The Labute approximate surface area is 139 Å². The van der Waals surface area contributed by atoms with Crippen LogP contribution in [0.1, 0.15) is 18.4 Å². The van der Waals surface area contributed by atoms with Gasteiger partial charge in [-0.3, -0.25) is 4.79 Å². The van der Waals surface area contributed by atoms with Crippen molar-refractivity contribution in [3.63, 3.8) is 0 Å². The molecule has 0 spiro atoms. The Hall–Kier alpha value is -1.71. The molecule has 1 amide bonds. The van der Waals surface area contributed by atoms with Crippen molar-refractivity contribution in [3.05, 3.63) is 58.1 Å². The summed E-state index contributed by atoms with van der Waals surface area (Å²) in [5.74, 6) is 0.960. The number of carbonyl (C=O) groups is 1. The Bertz CT molecular complexity index is 699. The van der Waals surface area contributed by atoms with Crippen LogP contribution in [0.15, 0.2) is 42.5 Å². The molecular weight excluding hydrogens is 321 g/mol. The molecule has 0 saturated heterocycles. The molecule has 1 saturated carbocycles. The normalized spacial score (nSPS) is 13.7. The number of amides is 1. The average Bonchev–Trinajstić information content (AvgIpc) is 3.34. The van der Waals surface area contributed by atoms with Gasteiger partial charge >= 0.3 is 0 Å². The zero-order chi connectivity index (χ0) is 15.5. The van der Waals surface area contributed by atoms with Crippen molar-refractivity contribution in [2.24, 2.45) is 5.92 Å². The van der Waals surface area contributed by atoms with Crippen LogP contribution in [0.3, 0.4) is 0 Å². The Morgan fingerprint density at radius 3 is 2.68 bits per heavy atom. The van der Waals surface area contributed by atoms with Crippen LogP contribution in [0.25, 0.3) is 0 Å². The lowest BCUT2D eigenvalue weighted by Crippen LogP contribution is -2.13. The first-order valence-corrected chi connectivity index (χ1v) is 7.85. The predicted molar refractivity (Wildman–Crippen MR) is 88.6 cm³/mol. The summed E-state index contributed by atoms with van der Waals surface area (Å²) in [6, 6.07) is 12.8. The van der Waals surface area contributed by atoms with Gasteiger partial charge in [-0.25, -0.2) is 0 Å². The van der Waals surface area contributed by atoms with E-state index >= 15 is 0 Å². The predicted octanol–water partition coefficient (Wildman–Crippen LogP) is 4.92. The van der Waals surface area contributed by atoms with Gasteiger partial charge in [-0.2, -0.15) is 0 Å². The largest absolute Gasteiger partial charge is 0.489 e. The minimum atomic E-state index is 0.0848. The van der Waals surface area contributed by atoms with Crippen LogP contribution in [0.5, 0.6) is 5.75 Å². The summed E-state index contributed by atoms with van der Waals surface area (Å²) in [5, 5.41) is 3.93. The van der Waals surface area contributed by atoms with Gasteiger partial charge in [0, 0.05) is 17.7 Å². The second kappa shape index (κ2) is 6.59. The molecule has 0 atom stereocenters. The van der Waals surface area contributed by atoms with E-state index < -0.39 is 0 Å². The lowest BCUT2D eigenvalue weighted by atomic mass is 10.2. The van der Waals surface area contributed by atoms with Crippen molar-refractivity contribution in [2.75, 3.05) is 5.32 Å². The molecule has 0 heterocycles. The first-order valence-electron chi connectivity index (χ1n) is 7.09. The quantitative estimate of drug-likeness (QED) is 0.841. The maximum Gasteiger partial charge on any atom is 0.227 e. The van der Waals surface area contributed by atoms with Gasteiger partial charge in [-0.05, 0) is 42.7 Å². The zero-order valence-electron chi connectivity index (χ0n) is 11.8. The SMILES string of the molecule is O=C(Nc1cccc(OCc2ccc(Cl)c(Cl)c2)c1)C1CC1. The molecule has 114 valence electrons. The van der Waals surface area contributed by atoms with E-state index in [0.717, 1.165) is 24.1 Å². The van der Waals surface area contributed by atoms with Gasteiger partial charge in [0.1, 0.15) is 12.4 Å². The van der Waals surface area contributed by atoms with Crippen LogP contribution >= 0.6 is 23.2 Å². The Morgan fingerprint density at radius 1 is 1.14 bits per heavy atom. The zero-order valence-corrected chi connectivity index (χ0v) is 13.3. The summed E-state index contributed by atoms with van der Waals surface area (Å²) in [6.07, 6.45) is 1.97. The van der Waals surface area contributed by atoms with Crippen molar-refractivity contribution in [1.82, 2.24) is 0 Å². The number of hydrogen-bond acceptors (Lipinski definition) is 2. The summed E-state index contributed by atoms with van der Waals surface area (Å²) in [4.78, 5) is 11.8. The van der Waals surface area contributed by atoms with E-state index in [1.54, 1.807) is 12.1 Å². The highest BCUT2D eigenvalue weighted by molar-refractivity contribution is 6.42. The number of benzene rings is 2. The fourth-order valence-electron chi connectivity index (χ4n) is 2.05. The standard InChI is InChI=1S/C17H15Cl2NO2/c18-15-7-4-11(8-16(15)19)10-22-14-3-1-2-13(9-14)20-17(21)12-5-6-12/h1-4,7-9,12H,5-6,10H2,(H,20,21). The van der Waals surface area contributed by atoms with Crippen LogP contribution in [0, 0.1) is 5.92 Å². The van der Waals surface area contributed by atoms with Crippen LogP contribution in [-0.2, 0) is 11.4 Å². The fraction of sp³-hybridized carbons (Fsp3) is 0.235. The van der Waals surface area contributed by atoms with Gasteiger partial charge < -0.3 is 10.1 Å². The molecule has 0 bridgehead atoms. The van der Waals surface area contributed by atoms with E-state index in [-0.39, 0.29) is 11.8 Å². The first kappa shape index (κ1) is 15.2. The molecule has 1 aliphatic rings. The van der Waals surface area contributed by atoms with E-state index in [0.29, 0.717) is 22.4 Å². The van der Waals surface area contributed by atoms with Gasteiger partial charge in [-0.1, -0.05) is 35.3 Å². The number of halogens is 2. The number of anilines is 1. The molecule has 3 nitrogen and oxygen atoms in total. The van der Waals surface area contributed by atoms with Gasteiger partial charge in [0.15, 0.2) is 0 Å². The smallest absolute Gasteiger partial charge is 0.227 e. The highest BCUT2D eigenvalue weighted by atomic mass is 35.5. The van der Waals surface area contributed by atoms with Gasteiger partial charge in [0.25, 0.3) is 0 Å². The molecule has 0 aliphatic heterocycles. The van der Waals surface area contributed by atoms with Gasteiger partial charge in [0.2, 0.25) is 5.91 Å². The molecule has 22 heavy (non-hydrogen) atoms. The molecule has 1 N–H and O–H groups in total. The molecule has 1 aliphatic carbocycles. The summed E-state index contributed by atoms with van der Waals surface area (Å²) >= 11 is 11.9. The van der Waals surface area contributed by atoms with E-state index in [1.807, 2.05) is 30.3 Å². The van der Waals surface area contributed by atoms with E-state index in [9.17, 15) is 4.79 Å². The lowest BCUT2D eigenvalue weighted by molar-refractivity contribution is -0.117. The fourth-order valence-corrected chi connectivity index (χ4v) is 2.37. The second-order valence-electron chi connectivity index (χ2n) is 5.33. The second-order valence-corrected chi connectivity index (χ2v) is 6.14. The van der Waals surface area contributed by atoms with Gasteiger partial charge in [-0.15, -0.1) is 0 Å². The Balaban J connectivity index is 1.62. The number of hydrogen-bond donors (Lipinski definition) is 1. The molecule has 1 fully saturated rings. The maximum absolute atomic E-state index is 11.8.